The molecule has 7 heavy (non-hydrogen) atoms. The van der Waals surface area contributed by atoms with E-state index in [1.807, 2.05) is 5.32 Å². The topological polar surface area (TPSA) is 24.4 Å². The van der Waals surface area contributed by atoms with Crippen LogP contribution in [0, 0.1) is 0 Å². The molecule has 2 unspecified atom stereocenters. The van der Waals surface area contributed by atoms with Gasteiger partial charge in [-0.2, -0.15) is 0 Å². The monoisotopic (exact) mass is 106 g/mol. The molecule has 0 fully saturated rings. The van der Waals surface area contributed by atoms with E-state index in [-0.39, 0.29) is 0 Å². The van der Waals surface area contributed by atoms with Crippen LogP contribution in [0.25, 0.3) is 0 Å². The number of halogens is 2. The Morgan fingerprint density at radius 1 is 1.57 bits per heavy atom. The van der Waals surface area contributed by atoms with Crippen molar-refractivity contribution in [3.63, 3.8) is 0 Å². The summed E-state index contributed by atoms with van der Waals surface area (Å²) in [6, 6.07) is 0. The first-order valence-electron chi connectivity index (χ1n) is 1.86. The van der Waals surface area contributed by atoms with Crippen molar-refractivity contribution in [1.82, 2.24) is 5.32 Å². The van der Waals surface area contributed by atoms with Gasteiger partial charge in [-0.05, 0) is 0 Å². The highest BCUT2D eigenvalue weighted by Crippen LogP contribution is 2.04. The molecule has 0 aliphatic carbocycles. The summed E-state index contributed by atoms with van der Waals surface area (Å²) in [7, 11) is 0. The summed E-state index contributed by atoms with van der Waals surface area (Å²) in [5, 5.41) is 2.04. The fraction of sp³-hybridized carbons (Fsp3) is 0.667. The summed E-state index contributed by atoms with van der Waals surface area (Å²) in [6.45, 7) is 0. The van der Waals surface area contributed by atoms with Gasteiger partial charge in [-0.25, -0.2) is 13.8 Å². The zero-order valence-corrected chi connectivity index (χ0v) is 3.44. The predicted molar refractivity (Wildman–Crippen MR) is 21.4 cm³/mol. The Bertz CT molecular complexity index is 92.9. The Hall–Kier alpha value is -0.670. The molecule has 0 spiro atoms. The molecule has 1 heterocycles. The molecule has 0 amide bonds. The predicted octanol–water partition coefficient (Wildman–Crippen LogP) is 0.209. The smallest absolute Gasteiger partial charge is 0.240 e. The number of alkyl halides is 2. The molecule has 1 N–H and O–H groups in total. The van der Waals surface area contributed by atoms with Crippen LogP contribution in [0.15, 0.2) is 4.99 Å². The third kappa shape index (κ3) is 0.679. The lowest BCUT2D eigenvalue weighted by Gasteiger charge is -1.96. The average Bonchev–Trinajstić information content (AvgIpc) is 1.91. The number of rotatable bonds is 0. The van der Waals surface area contributed by atoms with E-state index < -0.39 is 12.6 Å². The fourth-order valence-corrected chi connectivity index (χ4v) is 0.340. The molecule has 1 rings (SSSR count). The SMILES string of the molecule is FC1N=CNC1F. The number of hydrogen-bond acceptors (Lipinski definition) is 2. The minimum atomic E-state index is -1.69. The van der Waals surface area contributed by atoms with Gasteiger partial charge in [0.2, 0.25) is 12.6 Å². The first kappa shape index (κ1) is 4.49. The first-order valence-corrected chi connectivity index (χ1v) is 1.86. The Balaban J connectivity index is 2.45. The van der Waals surface area contributed by atoms with Crippen LogP contribution in [0.5, 0.6) is 0 Å². The molecule has 0 bridgehead atoms. The molecule has 1 aliphatic heterocycles. The summed E-state index contributed by atoms with van der Waals surface area (Å²) < 4.78 is 23.4. The summed E-state index contributed by atoms with van der Waals surface area (Å²) in [4.78, 5) is 3.04. The van der Waals surface area contributed by atoms with E-state index in [2.05, 4.69) is 4.99 Å². The third-order valence-corrected chi connectivity index (χ3v) is 0.692. The number of nitrogens with one attached hydrogen (secondary N) is 1. The lowest BCUT2D eigenvalue weighted by atomic mass is 10.6. The maximum atomic E-state index is 11.7. The van der Waals surface area contributed by atoms with E-state index >= 15 is 0 Å². The maximum absolute atomic E-state index is 11.7. The molecule has 0 radical (unpaired) electrons. The van der Waals surface area contributed by atoms with Crippen molar-refractivity contribution in [3.8, 4) is 0 Å². The summed E-state index contributed by atoms with van der Waals surface area (Å²) in [5.74, 6) is 0. The van der Waals surface area contributed by atoms with Gasteiger partial charge in [0.1, 0.15) is 0 Å². The number of nitrogens with zero attached hydrogens (tertiary/aromatic N) is 1. The standard InChI is InChI=1S/C3H4F2N2/c4-2-3(5)7-1-6-2/h1-3H,(H,6,7). The van der Waals surface area contributed by atoms with E-state index in [1.54, 1.807) is 0 Å². The quantitative estimate of drug-likeness (QED) is 0.438. The molecular weight excluding hydrogens is 102 g/mol. The van der Waals surface area contributed by atoms with Crippen LogP contribution in [0.3, 0.4) is 0 Å². The van der Waals surface area contributed by atoms with Gasteiger partial charge in [0.05, 0.1) is 6.34 Å². The van der Waals surface area contributed by atoms with Crippen LogP contribution >= 0.6 is 0 Å². The normalized spacial score (nSPS) is 38.6. The van der Waals surface area contributed by atoms with Crippen molar-refractivity contribution < 1.29 is 8.78 Å². The van der Waals surface area contributed by atoms with E-state index in [0.717, 1.165) is 6.34 Å². The van der Waals surface area contributed by atoms with Crippen molar-refractivity contribution in [2.24, 2.45) is 4.99 Å². The van der Waals surface area contributed by atoms with Crippen molar-refractivity contribution in [2.45, 2.75) is 12.6 Å². The highest BCUT2D eigenvalue weighted by Gasteiger charge is 2.20. The van der Waals surface area contributed by atoms with E-state index in [0.29, 0.717) is 0 Å². The minimum absolute atomic E-state index is 1.02. The summed E-state index contributed by atoms with van der Waals surface area (Å²) >= 11 is 0. The van der Waals surface area contributed by atoms with Gasteiger partial charge >= 0.3 is 0 Å². The van der Waals surface area contributed by atoms with Gasteiger partial charge in [0, 0.05) is 0 Å². The van der Waals surface area contributed by atoms with E-state index in [9.17, 15) is 8.78 Å². The van der Waals surface area contributed by atoms with E-state index in [4.69, 9.17) is 0 Å². The van der Waals surface area contributed by atoms with Crippen molar-refractivity contribution in [3.05, 3.63) is 0 Å². The van der Waals surface area contributed by atoms with E-state index in [1.165, 1.54) is 0 Å². The zero-order valence-electron chi connectivity index (χ0n) is 3.44. The Morgan fingerprint density at radius 3 is 2.43 bits per heavy atom. The molecule has 0 saturated carbocycles. The molecule has 0 aromatic rings. The lowest BCUT2D eigenvalue weighted by Crippen LogP contribution is -2.23. The van der Waals surface area contributed by atoms with Crippen molar-refractivity contribution >= 4 is 6.34 Å². The van der Waals surface area contributed by atoms with Crippen LogP contribution in [0.4, 0.5) is 8.78 Å². The van der Waals surface area contributed by atoms with Crippen LogP contribution in [0.2, 0.25) is 0 Å². The minimum Gasteiger partial charge on any atom is -0.343 e. The van der Waals surface area contributed by atoms with Gasteiger partial charge < -0.3 is 5.32 Å². The molecule has 2 nitrogen and oxygen atoms in total. The second kappa shape index (κ2) is 1.44. The zero-order chi connectivity index (χ0) is 5.28. The first-order chi connectivity index (χ1) is 3.30. The van der Waals surface area contributed by atoms with Crippen molar-refractivity contribution in [1.29, 1.82) is 0 Å². The molecule has 0 aromatic carbocycles. The fourth-order valence-electron chi connectivity index (χ4n) is 0.340. The molecule has 0 aromatic heterocycles. The van der Waals surface area contributed by atoms with Gasteiger partial charge in [0.25, 0.3) is 0 Å². The second-order valence-electron chi connectivity index (χ2n) is 1.22. The highest BCUT2D eigenvalue weighted by atomic mass is 19.2. The molecule has 40 valence electrons. The average molecular weight is 106 g/mol. The van der Waals surface area contributed by atoms with Crippen LogP contribution in [-0.2, 0) is 0 Å². The third-order valence-electron chi connectivity index (χ3n) is 0.692. The van der Waals surface area contributed by atoms with Gasteiger partial charge in [-0.15, -0.1) is 0 Å². The Labute approximate surface area is 39.2 Å². The molecule has 2 atom stereocenters. The van der Waals surface area contributed by atoms with Gasteiger partial charge in [0.15, 0.2) is 0 Å². The van der Waals surface area contributed by atoms with Gasteiger partial charge in [-0.1, -0.05) is 0 Å². The van der Waals surface area contributed by atoms with Crippen molar-refractivity contribution in [2.75, 3.05) is 0 Å². The molecular formula is C3H4F2N2. The maximum Gasteiger partial charge on any atom is 0.240 e. The summed E-state index contributed by atoms with van der Waals surface area (Å²) in [5.41, 5.74) is 0. The number of hydrogen-bond donors (Lipinski definition) is 1. The van der Waals surface area contributed by atoms with Crippen LogP contribution in [0.1, 0.15) is 0 Å². The summed E-state index contributed by atoms with van der Waals surface area (Å²) in [6.07, 6.45) is -2.30. The molecule has 1 aliphatic rings. The molecule has 0 saturated heterocycles. The van der Waals surface area contributed by atoms with Crippen LogP contribution < -0.4 is 5.32 Å². The Kier molecular flexibility index (Phi) is 0.923. The van der Waals surface area contributed by atoms with Crippen LogP contribution in [-0.4, -0.2) is 18.9 Å². The van der Waals surface area contributed by atoms with Gasteiger partial charge in [-0.3, -0.25) is 0 Å². The largest absolute Gasteiger partial charge is 0.343 e. The Morgan fingerprint density at radius 2 is 2.29 bits per heavy atom. The molecule has 4 heteroatoms. The number of aliphatic imine (C=N–C) groups is 1. The lowest BCUT2D eigenvalue weighted by molar-refractivity contribution is 0.179. The second-order valence-corrected chi connectivity index (χ2v) is 1.22. The highest BCUT2D eigenvalue weighted by molar-refractivity contribution is 5.57.